The van der Waals surface area contributed by atoms with Crippen LogP contribution >= 0.6 is 0 Å². The Labute approximate surface area is 136 Å². The van der Waals surface area contributed by atoms with Crippen molar-refractivity contribution in [1.82, 2.24) is 10.6 Å². The Balaban J connectivity index is 2.76. The van der Waals surface area contributed by atoms with E-state index >= 15 is 0 Å². The van der Waals surface area contributed by atoms with E-state index in [2.05, 4.69) is 10.6 Å². The molecule has 0 aliphatic heterocycles. The summed E-state index contributed by atoms with van der Waals surface area (Å²) >= 11 is 0. The van der Waals surface area contributed by atoms with Crippen molar-refractivity contribution in [2.24, 2.45) is 0 Å². The zero-order chi connectivity index (χ0) is 18.7. The molecule has 0 radical (unpaired) electrons. The van der Waals surface area contributed by atoms with Crippen molar-refractivity contribution in [1.29, 1.82) is 0 Å². The summed E-state index contributed by atoms with van der Waals surface area (Å²) < 4.78 is 51.4. The molecule has 0 bridgehead atoms. The summed E-state index contributed by atoms with van der Waals surface area (Å²) in [7, 11) is 0. The lowest BCUT2D eigenvalue weighted by molar-refractivity contribution is -0.137. The second-order valence-corrected chi connectivity index (χ2v) is 6.25. The Kier molecular flexibility index (Phi) is 5.80. The minimum Gasteiger partial charge on any atom is -0.350 e. The first-order valence-corrected chi connectivity index (χ1v) is 7.06. The maximum atomic E-state index is 13.5. The standard InChI is InChI=1S/C15H19F4N3O2/c1-8(12(23)22-14(2,3)4)20-13(24)21-11-7-9(15(17,18)19)5-6-10(11)16/h5-8H,1-4H3,(H,22,23)(H2,20,21,24)/t8-/m0/s1. The van der Waals surface area contributed by atoms with E-state index in [1.807, 2.05) is 5.32 Å². The molecule has 1 atom stereocenters. The molecule has 134 valence electrons. The molecule has 24 heavy (non-hydrogen) atoms. The van der Waals surface area contributed by atoms with Gasteiger partial charge in [0.2, 0.25) is 5.91 Å². The first-order chi connectivity index (χ1) is 10.8. The first kappa shape index (κ1) is 19.7. The Hall–Kier alpha value is -2.32. The van der Waals surface area contributed by atoms with Gasteiger partial charge in [-0.05, 0) is 45.9 Å². The number of amides is 3. The monoisotopic (exact) mass is 349 g/mol. The summed E-state index contributed by atoms with van der Waals surface area (Å²) in [5.41, 5.74) is -2.25. The first-order valence-electron chi connectivity index (χ1n) is 7.06. The number of carbonyl (C=O) groups excluding carboxylic acids is 2. The number of hydrogen-bond acceptors (Lipinski definition) is 2. The number of benzene rings is 1. The van der Waals surface area contributed by atoms with Gasteiger partial charge in [-0.2, -0.15) is 13.2 Å². The highest BCUT2D eigenvalue weighted by Crippen LogP contribution is 2.31. The molecule has 0 unspecified atom stereocenters. The molecule has 0 aliphatic rings. The van der Waals surface area contributed by atoms with Gasteiger partial charge in [0.15, 0.2) is 0 Å². The van der Waals surface area contributed by atoms with Crippen molar-refractivity contribution in [3.8, 4) is 0 Å². The molecule has 3 amide bonds. The van der Waals surface area contributed by atoms with E-state index in [1.165, 1.54) is 6.92 Å². The third kappa shape index (κ3) is 6.05. The summed E-state index contributed by atoms with van der Waals surface area (Å²) in [5, 5.41) is 6.82. The van der Waals surface area contributed by atoms with E-state index in [-0.39, 0.29) is 0 Å². The van der Waals surface area contributed by atoms with Gasteiger partial charge in [-0.25, -0.2) is 9.18 Å². The maximum Gasteiger partial charge on any atom is 0.416 e. The molecule has 5 nitrogen and oxygen atoms in total. The average molecular weight is 349 g/mol. The summed E-state index contributed by atoms with van der Waals surface area (Å²) in [6.07, 6.45) is -4.67. The summed E-state index contributed by atoms with van der Waals surface area (Å²) in [6.45, 7) is 6.63. The smallest absolute Gasteiger partial charge is 0.350 e. The molecule has 0 heterocycles. The molecule has 0 fully saturated rings. The minimum absolute atomic E-state index is 0.481. The van der Waals surface area contributed by atoms with E-state index in [0.29, 0.717) is 18.2 Å². The van der Waals surface area contributed by atoms with Crippen LogP contribution in [0.15, 0.2) is 18.2 Å². The molecule has 0 aromatic heterocycles. The van der Waals surface area contributed by atoms with Crippen LogP contribution in [-0.4, -0.2) is 23.5 Å². The van der Waals surface area contributed by atoms with Crippen LogP contribution in [0.5, 0.6) is 0 Å². The maximum absolute atomic E-state index is 13.5. The fourth-order valence-corrected chi connectivity index (χ4v) is 1.70. The van der Waals surface area contributed by atoms with Crippen molar-refractivity contribution < 1.29 is 27.2 Å². The third-order valence-corrected chi connectivity index (χ3v) is 2.78. The van der Waals surface area contributed by atoms with Gasteiger partial charge in [-0.15, -0.1) is 0 Å². The normalized spacial score (nSPS) is 13.2. The molecular formula is C15H19F4N3O2. The molecule has 0 saturated carbocycles. The minimum atomic E-state index is -4.67. The second kappa shape index (κ2) is 7.06. The van der Waals surface area contributed by atoms with Crippen molar-refractivity contribution in [2.75, 3.05) is 5.32 Å². The second-order valence-electron chi connectivity index (χ2n) is 6.25. The van der Waals surface area contributed by atoms with Crippen LogP contribution in [0.1, 0.15) is 33.3 Å². The number of hydrogen-bond donors (Lipinski definition) is 3. The SMILES string of the molecule is C[C@H](NC(=O)Nc1cc(C(F)(F)F)ccc1F)C(=O)NC(C)(C)C. The number of alkyl halides is 3. The van der Waals surface area contributed by atoms with Crippen LogP contribution < -0.4 is 16.0 Å². The molecule has 0 aliphatic carbocycles. The van der Waals surface area contributed by atoms with Gasteiger partial charge >= 0.3 is 12.2 Å². The summed E-state index contributed by atoms with van der Waals surface area (Å²) in [6, 6.07) is -0.302. The van der Waals surface area contributed by atoms with E-state index in [1.54, 1.807) is 20.8 Å². The van der Waals surface area contributed by atoms with E-state index < -0.39 is 46.8 Å². The number of rotatable bonds is 3. The lowest BCUT2D eigenvalue weighted by Crippen LogP contribution is -2.51. The Morgan fingerprint density at radius 2 is 1.71 bits per heavy atom. The third-order valence-electron chi connectivity index (χ3n) is 2.78. The molecule has 9 heteroatoms. The van der Waals surface area contributed by atoms with Crippen molar-refractivity contribution in [3.63, 3.8) is 0 Å². The zero-order valence-corrected chi connectivity index (χ0v) is 13.6. The van der Waals surface area contributed by atoms with Crippen molar-refractivity contribution >= 4 is 17.6 Å². The fraction of sp³-hybridized carbons (Fsp3) is 0.467. The van der Waals surface area contributed by atoms with Gasteiger partial charge < -0.3 is 16.0 Å². The van der Waals surface area contributed by atoms with Gasteiger partial charge in [-0.3, -0.25) is 4.79 Å². The molecule has 1 aromatic carbocycles. The highest BCUT2D eigenvalue weighted by molar-refractivity contribution is 5.93. The van der Waals surface area contributed by atoms with E-state index in [9.17, 15) is 27.2 Å². The Morgan fingerprint density at radius 1 is 1.12 bits per heavy atom. The summed E-state index contributed by atoms with van der Waals surface area (Å²) in [4.78, 5) is 23.6. The van der Waals surface area contributed by atoms with Crippen molar-refractivity contribution in [3.05, 3.63) is 29.6 Å². The molecular weight excluding hydrogens is 330 g/mol. The summed E-state index contributed by atoms with van der Waals surface area (Å²) in [5.74, 6) is -1.51. The van der Waals surface area contributed by atoms with Crippen LogP contribution in [0.2, 0.25) is 0 Å². The van der Waals surface area contributed by atoms with Gasteiger partial charge in [0.05, 0.1) is 11.3 Å². The molecule has 0 spiro atoms. The number of urea groups is 1. The number of nitrogens with one attached hydrogen (secondary N) is 3. The number of carbonyl (C=O) groups is 2. The Morgan fingerprint density at radius 3 is 2.21 bits per heavy atom. The predicted octanol–water partition coefficient (Wildman–Crippen LogP) is 3.27. The van der Waals surface area contributed by atoms with Gasteiger partial charge in [0.25, 0.3) is 0 Å². The molecule has 0 saturated heterocycles. The largest absolute Gasteiger partial charge is 0.416 e. The molecule has 1 rings (SSSR count). The van der Waals surface area contributed by atoms with Crippen LogP contribution in [0.25, 0.3) is 0 Å². The number of halogens is 4. The van der Waals surface area contributed by atoms with Crippen molar-refractivity contribution in [2.45, 2.75) is 45.5 Å². The van der Waals surface area contributed by atoms with Crippen LogP contribution in [0.4, 0.5) is 28.0 Å². The highest BCUT2D eigenvalue weighted by atomic mass is 19.4. The quantitative estimate of drug-likeness (QED) is 0.733. The van der Waals surface area contributed by atoms with E-state index in [0.717, 1.165) is 0 Å². The highest BCUT2D eigenvalue weighted by Gasteiger charge is 2.31. The number of anilines is 1. The van der Waals surface area contributed by atoms with Gasteiger partial charge in [0.1, 0.15) is 11.9 Å². The van der Waals surface area contributed by atoms with Crippen LogP contribution in [-0.2, 0) is 11.0 Å². The molecule has 3 N–H and O–H groups in total. The predicted molar refractivity (Wildman–Crippen MR) is 80.9 cm³/mol. The van der Waals surface area contributed by atoms with Crippen LogP contribution in [0, 0.1) is 5.82 Å². The topological polar surface area (TPSA) is 70.2 Å². The lowest BCUT2D eigenvalue weighted by Gasteiger charge is -2.23. The van der Waals surface area contributed by atoms with E-state index in [4.69, 9.17) is 0 Å². The van der Waals surface area contributed by atoms with Crippen LogP contribution in [0.3, 0.4) is 0 Å². The zero-order valence-electron chi connectivity index (χ0n) is 13.6. The van der Waals surface area contributed by atoms with Gasteiger partial charge in [0, 0.05) is 5.54 Å². The average Bonchev–Trinajstić information content (AvgIpc) is 2.37. The molecule has 1 aromatic rings. The fourth-order valence-electron chi connectivity index (χ4n) is 1.70. The van der Waals surface area contributed by atoms with Gasteiger partial charge in [-0.1, -0.05) is 0 Å². The lowest BCUT2D eigenvalue weighted by atomic mass is 10.1. The Bertz CT molecular complexity index is 624.